The van der Waals surface area contributed by atoms with Crippen molar-refractivity contribution in [3.8, 4) is 5.75 Å². The van der Waals surface area contributed by atoms with Crippen LogP contribution in [0.3, 0.4) is 0 Å². The van der Waals surface area contributed by atoms with Gasteiger partial charge < -0.3 is 14.2 Å². The topological polar surface area (TPSA) is 51.4 Å². The van der Waals surface area contributed by atoms with E-state index < -0.39 is 0 Å². The maximum atomic E-state index is 5.49. The van der Waals surface area contributed by atoms with Gasteiger partial charge in [-0.2, -0.15) is 4.98 Å². The van der Waals surface area contributed by atoms with Gasteiger partial charge in [-0.05, 0) is 43.4 Å². The number of hydrogen-bond donors (Lipinski definition) is 0. The van der Waals surface area contributed by atoms with Crippen molar-refractivity contribution in [1.29, 1.82) is 0 Å². The van der Waals surface area contributed by atoms with Crippen molar-refractivity contribution in [2.45, 2.75) is 37.6 Å². The maximum Gasteiger partial charge on any atom is 0.324 e. The van der Waals surface area contributed by atoms with Crippen molar-refractivity contribution < 1.29 is 9.26 Å². The van der Waals surface area contributed by atoms with E-state index in [-0.39, 0.29) is 0 Å². The quantitative estimate of drug-likeness (QED) is 0.862. The fourth-order valence-electron chi connectivity index (χ4n) is 3.02. The van der Waals surface area contributed by atoms with Crippen molar-refractivity contribution >= 4 is 6.01 Å². The Morgan fingerprint density at radius 2 is 2.00 bits per heavy atom. The lowest BCUT2D eigenvalue weighted by atomic mass is 10.0. The molecule has 1 aliphatic carbocycles. The minimum atomic E-state index is 0.323. The van der Waals surface area contributed by atoms with Gasteiger partial charge in [0.1, 0.15) is 5.75 Å². The lowest BCUT2D eigenvalue weighted by molar-refractivity contribution is 0.403. The Kier molecular flexibility index (Phi) is 3.05. The number of ether oxygens (including phenoxy) is 1. The number of aromatic nitrogens is 2. The molecule has 0 unspecified atom stereocenters. The number of methoxy groups -OCH3 is 1. The number of benzene rings is 1. The summed E-state index contributed by atoms with van der Waals surface area (Å²) in [6.07, 6.45) is 4.66. The monoisotopic (exact) mass is 285 g/mol. The van der Waals surface area contributed by atoms with Gasteiger partial charge in [0.15, 0.2) is 5.82 Å². The summed E-state index contributed by atoms with van der Waals surface area (Å²) >= 11 is 0. The zero-order valence-electron chi connectivity index (χ0n) is 12.2. The average Bonchev–Trinajstić information content (AvgIpc) is 3.07. The standard InChI is InChI=1S/C16H19N3O2/c1-20-13-8-6-11(7-9-13)14-3-2-10-19(14)16-17-15(18-21-16)12-4-5-12/h6-9,12,14H,2-5,10H2,1H3/t14-/m1/s1. The highest BCUT2D eigenvalue weighted by Crippen LogP contribution is 2.41. The van der Waals surface area contributed by atoms with Crippen molar-refractivity contribution in [2.24, 2.45) is 0 Å². The van der Waals surface area contributed by atoms with Gasteiger partial charge in [-0.1, -0.05) is 17.3 Å². The van der Waals surface area contributed by atoms with Crippen molar-refractivity contribution in [1.82, 2.24) is 10.1 Å². The molecule has 1 saturated carbocycles. The largest absolute Gasteiger partial charge is 0.497 e. The molecule has 1 atom stereocenters. The molecule has 5 heteroatoms. The molecular weight excluding hydrogens is 266 g/mol. The normalized spacial score (nSPS) is 21.8. The number of hydrogen-bond acceptors (Lipinski definition) is 5. The molecule has 2 aliphatic rings. The SMILES string of the molecule is COc1ccc([C@H]2CCCN2c2nc(C3CC3)no2)cc1. The van der Waals surface area contributed by atoms with Crippen LogP contribution in [-0.4, -0.2) is 23.8 Å². The maximum absolute atomic E-state index is 5.49. The minimum absolute atomic E-state index is 0.323. The first-order valence-electron chi connectivity index (χ1n) is 7.59. The highest BCUT2D eigenvalue weighted by atomic mass is 16.5. The summed E-state index contributed by atoms with van der Waals surface area (Å²) in [5, 5.41) is 4.13. The molecule has 2 fully saturated rings. The van der Waals surface area contributed by atoms with Gasteiger partial charge in [-0.25, -0.2) is 0 Å². The van der Waals surface area contributed by atoms with Gasteiger partial charge in [0.05, 0.1) is 13.2 Å². The van der Waals surface area contributed by atoms with E-state index in [0.717, 1.165) is 31.0 Å². The zero-order valence-corrected chi connectivity index (χ0v) is 12.2. The van der Waals surface area contributed by atoms with Gasteiger partial charge in [-0.3, -0.25) is 0 Å². The lowest BCUT2D eigenvalue weighted by Gasteiger charge is -2.22. The molecule has 0 N–H and O–H groups in total. The molecule has 4 rings (SSSR count). The van der Waals surface area contributed by atoms with Crippen LogP contribution in [0.15, 0.2) is 28.8 Å². The summed E-state index contributed by atoms with van der Waals surface area (Å²) < 4.78 is 10.7. The van der Waals surface area contributed by atoms with Crippen LogP contribution in [0.1, 0.15) is 49.0 Å². The molecule has 5 nitrogen and oxygen atoms in total. The predicted octanol–water partition coefficient (Wildman–Crippen LogP) is 3.30. The van der Waals surface area contributed by atoms with Crippen LogP contribution in [-0.2, 0) is 0 Å². The van der Waals surface area contributed by atoms with E-state index in [9.17, 15) is 0 Å². The Morgan fingerprint density at radius 3 is 2.71 bits per heavy atom. The van der Waals surface area contributed by atoms with Crippen molar-refractivity contribution in [2.75, 3.05) is 18.6 Å². The minimum Gasteiger partial charge on any atom is -0.497 e. The molecule has 1 aliphatic heterocycles. The Hall–Kier alpha value is -2.04. The van der Waals surface area contributed by atoms with Crippen LogP contribution >= 0.6 is 0 Å². The predicted molar refractivity (Wildman–Crippen MR) is 78.6 cm³/mol. The molecule has 2 aromatic rings. The summed E-state index contributed by atoms with van der Waals surface area (Å²) in [6.45, 7) is 0.975. The van der Waals surface area contributed by atoms with Crippen molar-refractivity contribution in [3.05, 3.63) is 35.7 Å². The zero-order chi connectivity index (χ0) is 14.2. The van der Waals surface area contributed by atoms with Crippen LogP contribution in [0.4, 0.5) is 6.01 Å². The fourth-order valence-corrected chi connectivity index (χ4v) is 3.02. The van der Waals surface area contributed by atoms with E-state index in [0.29, 0.717) is 18.0 Å². The Labute approximate surface area is 123 Å². The average molecular weight is 285 g/mol. The molecule has 1 saturated heterocycles. The van der Waals surface area contributed by atoms with Gasteiger partial charge in [0.25, 0.3) is 0 Å². The molecule has 2 heterocycles. The highest BCUT2D eigenvalue weighted by Gasteiger charge is 2.33. The molecule has 0 bridgehead atoms. The summed E-state index contributed by atoms with van der Waals surface area (Å²) in [7, 11) is 1.69. The Balaban J connectivity index is 1.57. The number of anilines is 1. The summed E-state index contributed by atoms with van der Waals surface area (Å²) in [5.41, 5.74) is 1.28. The van der Waals surface area contributed by atoms with Crippen LogP contribution in [0.5, 0.6) is 5.75 Å². The third-order valence-electron chi connectivity index (χ3n) is 4.37. The van der Waals surface area contributed by atoms with Crippen LogP contribution < -0.4 is 9.64 Å². The third-order valence-corrected chi connectivity index (χ3v) is 4.37. The molecule has 1 aromatic heterocycles. The van der Waals surface area contributed by atoms with Crippen LogP contribution in [0.25, 0.3) is 0 Å². The number of rotatable bonds is 4. The number of nitrogens with zero attached hydrogens (tertiary/aromatic N) is 3. The van der Waals surface area contributed by atoms with Crippen LogP contribution in [0.2, 0.25) is 0 Å². The van der Waals surface area contributed by atoms with Gasteiger partial charge >= 0.3 is 6.01 Å². The fraction of sp³-hybridized carbons (Fsp3) is 0.500. The van der Waals surface area contributed by atoms with Gasteiger partial charge in [0.2, 0.25) is 0 Å². The van der Waals surface area contributed by atoms with Gasteiger partial charge in [-0.15, -0.1) is 0 Å². The smallest absolute Gasteiger partial charge is 0.324 e. The highest BCUT2D eigenvalue weighted by molar-refractivity contribution is 5.38. The molecule has 110 valence electrons. The van der Waals surface area contributed by atoms with E-state index in [1.807, 2.05) is 12.1 Å². The lowest BCUT2D eigenvalue weighted by Crippen LogP contribution is -2.22. The third kappa shape index (κ3) is 2.37. The van der Waals surface area contributed by atoms with E-state index in [1.165, 1.54) is 18.4 Å². The van der Waals surface area contributed by atoms with E-state index in [1.54, 1.807) is 7.11 Å². The molecule has 0 radical (unpaired) electrons. The second-order valence-corrected chi connectivity index (χ2v) is 5.83. The van der Waals surface area contributed by atoms with E-state index in [2.05, 4.69) is 27.2 Å². The summed E-state index contributed by atoms with van der Waals surface area (Å²) in [4.78, 5) is 6.82. The summed E-state index contributed by atoms with van der Waals surface area (Å²) in [6, 6.07) is 9.27. The molecular formula is C16H19N3O2. The molecule has 1 aromatic carbocycles. The molecule has 0 spiro atoms. The van der Waals surface area contributed by atoms with Gasteiger partial charge in [0, 0.05) is 12.5 Å². The molecule has 0 amide bonds. The Morgan fingerprint density at radius 1 is 1.19 bits per heavy atom. The first-order chi connectivity index (χ1) is 10.3. The summed E-state index contributed by atoms with van der Waals surface area (Å²) in [5.74, 6) is 2.30. The molecule has 21 heavy (non-hydrogen) atoms. The first kappa shape index (κ1) is 12.7. The van der Waals surface area contributed by atoms with E-state index in [4.69, 9.17) is 9.26 Å². The second-order valence-electron chi connectivity index (χ2n) is 5.83. The van der Waals surface area contributed by atoms with E-state index >= 15 is 0 Å². The van der Waals surface area contributed by atoms with Crippen LogP contribution in [0, 0.1) is 0 Å². The Bertz CT molecular complexity index is 619. The second kappa shape index (κ2) is 5.06. The first-order valence-corrected chi connectivity index (χ1v) is 7.59. The van der Waals surface area contributed by atoms with Crippen molar-refractivity contribution in [3.63, 3.8) is 0 Å².